The Hall–Kier alpha value is -3.58. The topological polar surface area (TPSA) is 69.0 Å². The van der Waals surface area contributed by atoms with Crippen LogP contribution in [0.3, 0.4) is 0 Å². The molecule has 1 amide bonds. The number of benzene rings is 2. The molecule has 1 N–H and O–H groups in total. The number of carbonyl (C=O) groups is 1. The normalized spacial score (nSPS) is 14.5. The third-order valence-electron chi connectivity index (χ3n) is 6.20. The van der Waals surface area contributed by atoms with E-state index in [2.05, 4.69) is 15.3 Å². The van der Waals surface area contributed by atoms with E-state index in [1.165, 1.54) is 6.07 Å². The fraction of sp³-hybridized carbons (Fsp3) is 0.269. The number of nitrogens with zero attached hydrogens (tertiary/aromatic N) is 3. The van der Waals surface area contributed by atoms with E-state index in [-0.39, 0.29) is 11.7 Å². The third kappa shape index (κ3) is 4.36. The molecule has 6 nitrogen and oxygen atoms in total. The molecule has 7 heteroatoms. The molecule has 0 atom stereocenters. The Morgan fingerprint density at radius 3 is 2.67 bits per heavy atom. The standard InChI is InChI=1S/C26H25FN4O2/c1-17-16-31(26-29-14-20(15-30-26)22-4-2-3-5-23(22)27)24-12-19(6-7-21(17)24)25(32)28-13-18-8-10-33-11-9-18/h2-7,12,14-16,18H,8-11,13H2,1H3,(H,28,32). The molecule has 1 saturated heterocycles. The molecule has 0 unspecified atom stereocenters. The Morgan fingerprint density at radius 2 is 1.91 bits per heavy atom. The Balaban J connectivity index is 1.41. The van der Waals surface area contributed by atoms with Gasteiger partial charge in [0.25, 0.3) is 5.91 Å². The van der Waals surface area contributed by atoms with Crippen molar-refractivity contribution in [2.45, 2.75) is 19.8 Å². The highest BCUT2D eigenvalue weighted by Crippen LogP contribution is 2.26. The van der Waals surface area contributed by atoms with Gasteiger partial charge < -0.3 is 10.1 Å². The zero-order valence-electron chi connectivity index (χ0n) is 18.4. The minimum absolute atomic E-state index is 0.0929. The molecule has 33 heavy (non-hydrogen) atoms. The molecule has 1 aliphatic heterocycles. The lowest BCUT2D eigenvalue weighted by Crippen LogP contribution is -2.32. The van der Waals surface area contributed by atoms with E-state index in [0.717, 1.165) is 42.5 Å². The quantitative estimate of drug-likeness (QED) is 0.485. The second-order valence-corrected chi connectivity index (χ2v) is 8.43. The number of carbonyl (C=O) groups excluding carboxylic acids is 1. The van der Waals surface area contributed by atoms with Gasteiger partial charge in [-0.3, -0.25) is 9.36 Å². The maximum Gasteiger partial charge on any atom is 0.251 e. The van der Waals surface area contributed by atoms with Crippen LogP contribution in [0.1, 0.15) is 28.8 Å². The number of fused-ring (bicyclic) bond motifs is 1. The molecule has 168 valence electrons. The van der Waals surface area contributed by atoms with Crippen LogP contribution in [0.25, 0.3) is 28.0 Å². The van der Waals surface area contributed by atoms with Gasteiger partial charge in [-0.1, -0.05) is 24.3 Å². The number of aromatic nitrogens is 3. The number of rotatable bonds is 5. The average Bonchev–Trinajstić information content (AvgIpc) is 3.19. The predicted octanol–water partition coefficient (Wildman–Crippen LogP) is 4.69. The maximum absolute atomic E-state index is 14.1. The van der Waals surface area contributed by atoms with Crippen molar-refractivity contribution in [1.82, 2.24) is 19.9 Å². The van der Waals surface area contributed by atoms with E-state index < -0.39 is 0 Å². The zero-order chi connectivity index (χ0) is 22.8. The van der Waals surface area contributed by atoms with Crippen molar-refractivity contribution < 1.29 is 13.9 Å². The van der Waals surface area contributed by atoms with E-state index in [1.54, 1.807) is 30.6 Å². The smallest absolute Gasteiger partial charge is 0.251 e. The molecule has 0 saturated carbocycles. The average molecular weight is 445 g/mol. The molecule has 3 heterocycles. The van der Waals surface area contributed by atoms with Gasteiger partial charge in [-0.25, -0.2) is 14.4 Å². The number of hydrogen-bond donors (Lipinski definition) is 1. The zero-order valence-corrected chi connectivity index (χ0v) is 18.4. The van der Waals surface area contributed by atoms with Crippen molar-refractivity contribution >= 4 is 16.8 Å². The number of halogens is 1. The van der Waals surface area contributed by atoms with E-state index >= 15 is 0 Å². The van der Waals surface area contributed by atoms with Crippen LogP contribution < -0.4 is 5.32 Å². The van der Waals surface area contributed by atoms with Crippen LogP contribution in [0.4, 0.5) is 4.39 Å². The number of ether oxygens (including phenoxy) is 1. The number of nitrogens with one attached hydrogen (secondary N) is 1. The predicted molar refractivity (Wildman–Crippen MR) is 125 cm³/mol. The van der Waals surface area contributed by atoms with Crippen LogP contribution >= 0.6 is 0 Å². The fourth-order valence-electron chi connectivity index (χ4n) is 4.27. The molecule has 4 aromatic rings. The van der Waals surface area contributed by atoms with Crippen molar-refractivity contribution in [1.29, 1.82) is 0 Å². The van der Waals surface area contributed by atoms with Gasteiger partial charge in [0.05, 0.1) is 5.52 Å². The van der Waals surface area contributed by atoms with Gasteiger partial charge in [-0.2, -0.15) is 0 Å². The van der Waals surface area contributed by atoms with Crippen molar-refractivity contribution in [3.05, 3.63) is 78.0 Å². The summed E-state index contributed by atoms with van der Waals surface area (Å²) in [6, 6.07) is 12.2. The summed E-state index contributed by atoms with van der Waals surface area (Å²) in [6.07, 6.45) is 7.13. The molecule has 2 aromatic carbocycles. The molecule has 0 spiro atoms. The lowest BCUT2D eigenvalue weighted by Gasteiger charge is -2.22. The van der Waals surface area contributed by atoms with Gasteiger partial charge in [0, 0.05) is 60.4 Å². The molecular weight excluding hydrogens is 419 g/mol. The first-order valence-corrected chi connectivity index (χ1v) is 11.1. The highest BCUT2D eigenvalue weighted by molar-refractivity contribution is 5.99. The van der Waals surface area contributed by atoms with Gasteiger partial charge in [0.2, 0.25) is 5.95 Å². The van der Waals surface area contributed by atoms with E-state index in [9.17, 15) is 9.18 Å². The van der Waals surface area contributed by atoms with Crippen molar-refractivity contribution in [3.63, 3.8) is 0 Å². The van der Waals surface area contributed by atoms with Gasteiger partial charge in [-0.15, -0.1) is 0 Å². The number of amides is 1. The summed E-state index contributed by atoms with van der Waals surface area (Å²) in [6.45, 7) is 4.18. The summed E-state index contributed by atoms with van der Waals surface area (Å²) in [5.74, 6) is 0.518. The minimum Gasteiger partial charge on any atom is -0.381 e. The number of hydrogen-bond acceptors (Lipinski definition) is 4. The summed E-state index contributed by atoms with van der Waals surface area (Å²) in [4.78, 5) is 21.8. The second kappa shape index (κ2) is 9.11. The van der Waals surface area contributed by atoms with Crippen LogP contribution in [0.15, 0.2) is 61.1 Å². The molecule has 5 rings (SSSR count). The Labute approximate surface area is 191 Å². The van der Waals surface area contributed by atoms with Crippen molar-refractivity contribution in [2.24, 2.45) is 5.92 Å². The molecule has 1 fully saturated rings. The third-order valence-corrected chi connectivity index (χ3v) is 6.20. The highest BCUT2D eigenvalue weighted by atomic mass is 19.1. The Kier molecular flexibility index (Phi) is 5.88. The molecule has 1 aliphatic rings. The highest BCUT2D eigenvalue weighted by Gasteiger charge is 2.17. The Morgan fingerprint density at radius 1 is 1.15 bits per heavy atom. The lowest BCUT2D eigenvalue weighted by molar-refractivity contribution is 0.0642. The van der Waals surface area contributed by atoms with E-state index in [4.69, 9.17) is 4.74 Å². The Bertz CT molecular complexity index is 1290. The first-order chi connectivity index (χ1) is 16.1. The van der Waals surface area contributed by atoms with Crippen LogP contribution in [0, 0.1) is 18.7 Å². The monoisotopic (exact) mass is 444 g/mol. The van der Waals surface area contributed by atoms with Gasteiger partial charge in [-0.05, 0) is 49.4 Å². The van der Waals surface area contributed by atoms with Crippen LogP contribution in [-0.2, 0) is 4.74 Å². The first-order valence-electron chi connectivity index (χ1n) is 11.1. The SMILES string of the molecule is Cc1cn(-c2ncc(-c3ccccc3F)cn2)c2cc(C(=O)NCC3CCOCC3)ccc12. The molecule has 0 bridgehead atoms. The van der Waals surface area contributed by atoms with Crippen LogP contribution in [0.5, 0.6) is 0 Å². The largest absolute Gasteiger partial charge is 0.381 e. The summed E-state index contributed by atoms with van der Waals surface area (Å²) < 4.78 is 21.4. The summed E-state index contributed by atoms with van der Waals surface area (Å²) in [5.41, 5.74) is 3.57. The van der Waals surface area contributed by atoms with Crippen LogP contribution in [0.2, 0.25) is 0 Å². The van der Waals surface area contributed by atoms with Gasteiger partial charge in [0.15, 0.2) is 0 Å². The summed E-state index contributed by atoms with van der Waals surface area (Å²) in [5, 5.41) is 4.09. The first kappa shape index (κ1) is 21.3. The van der Waals surface area contributed by atoms with Crippen molar-refractivity contribution in [2.75, 3.05) is 19.8 Å². The fourth-order valence-corrected chi connectivity index (χ4v) is 4.27. The van der Waals surface area contributed by atoms with Gasteiger partial charge in [0.1, 0.15) is 5.82 Å². The van der Waals surface area contributed by atoms with Crippen molar-refractivity contribution in [3.8, 4) is 17.1 Å². The lowest BCUT2D eigenvalue weighted by atomic mass is 10.0. The molecule has 2 aromatic heterocycles. The molecular formula is C26H25FN4O2. The molecule has 0 aliphatic carbocycles. The summed E-state index contributed by atoms with van der Waals surface area (Å²) in [7, 11) is 0. The molecule has 0 radical (unpaired) electrons. The van der Waals surface area contributed by atoms with Gasteiger partial charge >= 0.3 is 0 Å². The maximum atomic E-state index is 14.1. The number of aryl methyl sites for hydroxylation is 1. The van der Waals surface area contributed by atoms with E-state index in [1.807, 2.05) is 35.9 Å². The van der Waals surface area contributed by atoms with E-state index in [0.29, 0.717) is 35.1 Å². The minimum atomic E-state index is -0.312. The summed E-state index contributed by atoms with van der Waals surface area (Å²) >= 11 is 0. The second-order valence-electron chi connectivity index (χ2n) is 8.43. The van der Waals surface area contributed by atoms with Crippen LogP contribution in [-0.4, -0.2) is 40.2 Å².